The smallest absolute Gasteiger partial charge is 0.223 e. The molecule has 0 aromatic carbocycles. The van der Waals surface area contributed by atoms with Gasteiger partial charge in [-0.05, 0) is 38.9 Å². The molecule has 2 rings (SSSR count). The molecule has 1 aromatic heterocycles. The molecular weight excluding hydrogens is 216 g/mol. The summed E-state index contributed by atoms with van der Waals surface area (Å²) in [6, 6.07) is 0.647. The van der Waals surface area contributed by atoms with E-state index in [-0.39, 0.29) is 0 Å². The molecule has 0 unspecified atom stereocenters. The zero-order valence-electron chi connectivity index (χ0n) is 10.8. The van der Waals surface area contributed by atoms with E-state index in [4.69, 9.17) is 4.52 Å². The zero-order valence-corrected chi connectivity index (χ0v) is 10.8. The monoisotopic (exact) mass is 238 g/mol. The summed E-state index contributed by atoms with van der Waals surface area (Å²) < 4.78 is 5.02. The Labute approximate surface area is 103 Å². The minimum Gasteiger partial charge on any atom is -0.340 e. The molecule has 0 spiro atoms. The number of nitrogens with zero attached hydrogens (tertiary/aromatic N) is 3. The van der Waals surface area contributed by atoms with Gasteiger partial charge in [0.25, 0.3) is 0 Å². The topological polar surface area (TPSA) is 54.2 Å². The molecule has 96 valence electrons. The summed E-state index contributed by atoms with van der Waals surface area (Å²) in [6.45, 7) is 8.15. The van der Waals surface area contributed by atoms with Crippen LogP contribution in [-0.2, 0) is 6.54 Å². The van der Waals surface area contributed by atoms with E-state index in [0.717, 1.165) is 32.0 Å². The van der Waals surface area contributed by atoms with Crippen LogP contribution >= 0.6 is 0 Å². The molecule has 2 heterocycles. The third-order valence-electron chi connectivity index (χ3n) is 3.38. The Balaban J connectivity index is 1.95. The summed E-state index contributed by atoms with van der Waals surface area (Å²) in [4.78, 5) is 6.74. The fourth-order valence-corrected chi connectivity index (χ4v) is 2.45. The second kappa shape index (κ2) is 6.12. The van der Waals surface area contributed by atoms with Crippen LogP contribution < -0.4 is 5.32 Å². The summed E-state index contributed by atoms with van der Waals surface area (Å²) in [5, 5.41) is 7.43. The Hall–Kier alpha value is -0.940. The number of hydrogen-bond acceptors (Lipinski definition) is 5. The van der Waals surface area contributed by atoms with Gasteiger partial charge < -0.3 is 9.84 Å². The van der Waals surface area contributed by atoms with Gasteiger partial charge in [-0.15, -0.1) is 0 Å². The molecule has 1 aliphatic heterocycles. The van der Waals surface area contributed by atoms with Gasteiger partial charge in [-0.2, -0.15) is 4.98 Å². The van der Waals surface area contributed by atoms with Crippen LogP contribution in [0.5, 0.6) is 0 Å². The zero-order chi connectivity index (χ0) is 12.1. The molecular formula is C12H22N4O. The molecule has 5 heteroatoms. The summed E-state index contributed by atoms with van der Waals surface area (Å²) in [6.07, 6.45) is 3.73. The highest BCUT2D eigenvalue weighted by Crippen LogP contribution is 2.15. The Kier molecular flexibility index (Phi) is 4.50. The van der Waals surface area contributed by atoms with Gasteiger partial charge in [-0.3, -0.25) is 4.90 Å². The summed E-state index contributed by atoms with van der Waals surface area (Å²) in [5.74, 6) is 1.46. The minimum absolute atomic E-state index is 0.647. The van der Waals surface area contributed by atoms with E-state index in [2.05, 4.69) is 27.3 Å². The second-order valence-electron chi connectivity index (χ2n) is 4.63. The maximum atomic E-state index is 5.02. The Morgan fingerprint density at radius 3 is 3.00 bits per heavy atom. The van der Waals surface area contributed by atoms with Crippen molar-refractivity contribution < 1.29 is 4.52 Å². The fraction of sp³-hybridized carbons (Fsp3) is 0.833. The number of hydrogen-bond donors (Lipinski definition) is 1. The number of aromatic nitrogens is 2. The van der Waals surface area contributed by atoms with E-state index >= 15 is 0 Å². The van der Waals surface area contributed by atoms with Crippen molar-refractivity contribution in [1.29, 1.82) is 0 Å². The van der Waals surface area contributed by atoms with Gasteiger partial charge >= 0.3 is 0 Å². The number of nitrogens with one attached hydrogen (secondary N) is 1. The van der Waals surface area contributed by atoms with Crippen molar-refractivity contribution in [1.82, 2.24) is 20.4 Å². The van der Waals surface area contributed by atoms with Crippen LogP contribution in [0.3, 0.4) is 0 Å². The first-order valence-corrected chi connectivity index (χ1v) is 6.53. The van der Waals surface area contributed by atoms with Crippen molar-refractivity contribution >= 4 is 0 Å². The summed E-state index contributed by atoms with van der Waals surface area (Å²) in [5.41, 5.74) is 0. The highest BCUT2D eigenvalue weighted by Gasteiger charge is 2.20. The quantitative estimate of drug-likeness (QED) is 0.858. The van der Waals surface area contributed by atoms with Crippen LogP contribution in [0.4, 0.5) is 0 Å². The maximum Gasteiger partial charge on any atom is 0.223 e. The normalized spacial score (nSPS) is 21.7. The molecule has 1 aliphatic rings. The molecule has 1 atom stereocenters. The lowest BCUT2D eigenvalue weighted by molar-refractivity contribution is 0.176. The van der Waals surface area contributed by atoms with E-state index < -0.39 is 0 Å². The first-order chi connectivity index (χ1) is 8.29. The molecule has 0 saturated carbocycles. The minimum atomic E-state index is 0.647. The average Bonchev–Trinajstić information content (AvgIpc) is 2.58. The van der Waals surface area contributed by atoms with Crippen LogP contribution in [0.1, 0.15) is 37.9 Å². The first-order valence-electron chi connectivity index (χ1n) is 6.53. The second-order valence-corrected chi connectivity index (χ2v) is 4.63. The van der Waals surface area contributed by atoms with Gasteiger partial charge in [-0.25, -0.2) is 0 Å². The number of aryl methyl sites for hydroxylation is 1. The first kappa shape index (κ1) is 12.5. The Morgan fingerprint density at radius 2 is 2.29 bits per heavy atom. The molecule has 17 heavy (non-hydrogen) atoms. The van der Waals surface area contributed by atoms with Crippen LogP contribution in [0.2, 0.25) is 0 Å². The van der Waals surface area contributed by atoms with Gasteiger partial charge in [0.05, 0.1) is 6.54 Å². The van der Waals surface area contributed by atoms with Gasteiger partial charge in [-0.1, -0.05) is 12.1 Å². The highest BCUT2D eigenvalue weighted by molar-refractivity contribution is 4.86. The Bertz CT molecular complexity index is 331. The predicted molar refractivity (Wildman–Crippen MR) is 65.6 cm³/mol. The van der Waals surface area contributed by atoms with Crippen molar-refractivity contribution in [3.63, 3.8) is 0 Å². The van der Waals surface area contributed by atoms with E-state index in [9.17, 15) is 0 Å². The van der Waals surface area contributed by atoms with Crippen molar-refractivity contribution in [3.05, 3.63) is 11.7 Å². The van der Waals surface area contributed by atoms with E-state index in [1.165, 1.54) is 19.3 Å². The number of rotatable bonds is 4. The lowest BCUT2D eigenvalue weighted by Crippen LogP contribution is -2.35. The van der Waals surface area contributed by atoms with Crippen molar-refractivity contribution in [2.45, 2.75) is 45.7 Å². The lowest BCUT2D eigenvalue weighted by Gasteiger charge is -2.28. The fourth-order valence-electron chi connectivity index (χ4n) is 2.45. The van der Waals surface area contributed by atoms with E-state index in [1.54, 1.807) is 0 Å². The largest absolute Gasteiger partial charge is 0.340 e. The van der Waals surface area contributed by atoms with Crippen LogP contribution in [-0.4, -0.2) is 40.7 Å². The predicted octanol–water partition coefficient (Wildman–Crippen LogP) is 1.34. The van der Waals surface area contributed by atoms with Gasteiger partial charge in [0, 0.05) is 13.0 Å². The van der Waals surface area contributed by atoms with Gasteiger partial charge in [0.15, 0.2) is 5.82 Å². The average molecular weight is 238 g/mol. The summed E-state index contributed by atoms with van der Waals surface area (Å²) >= 11 is 0. The van der Waals surface area contributed by atoms with Crippen LogP contribution in [0.25, 0.3) is 0 Å². The van der Waals surface area contributed by atoms with E-state index in [1.807, 2.05) is 6.92 Å². The van der Waals surface area contributed by atoms with Crippen LogP contribution in [0.15, 0.2) is 4.52 Å². The summed E-state index contributed by atoms with van der Waals surface area (Å²) in [7, 11) is 0. The molecule has 1 N–H and O–H groups in total. The van der Waals surface area contributed by atoms with Crippen molar-refractivity contribution in [2.75, 3.05) is 19.6 Å². The molecule has 0 bridgehead atoms. The Morgan fingerprint density at radius 1 is 1.41 bits per heavy atom. The molecule has 0 aliphatic carbocycles. The van der Waals surface area contributed by atoms with Gasteiger partial charge in [0.1, 0.15) is 0 Å². The molecule has 1 fully saturated rings. The molecule has 0 amide bonds. The van der Waals surface area contributed by atoms with Crippen molar-refractivity contribution in [3.8, 4) is 0 Å². The van der Waals surface area contributed by atoms with Gasteiger partial charge in [0.2, 0.25) is 5.89 Å². The third kappa shape index (κ3) is 3.51. The third-order valence-corrected chi connectivity index (χ3v) is 3.38. The van der Waals surface area contributed by atoms with Crippen molar-refractivity contribution in [2.24, 2.45) is 0 Å². The molecule has 1 aromatic rings. The SMILES string of the molecule is CCN(Cc1noc(C)n1)[C@H]1CCCNCC1. The highest BCUT2D eigenvalue weighted by atomic mass is 16.5. The standard InChI is InChI=1S/C12H22N4O/c1-3-16(9-12-14-10(2)17-15-12)11-5-4-7-13-8-6-11/h11,13H,3-9H2,1-2H3/t11-/m0/s1. The maximum absolute atomic E-state index is 5.02. The van der Waals surface area contributed by atoms with Crippen LogP contribution in [0, 0.1) is 6.92 Å². The molecule has 1 saturated heterocycles. The molecule has 0 radical (unpaired) electrons. The van der Waals surface area contributed by atoms with E-state index in [0.29, 0.717) is 11.9 Å². The lowest BCUT2D eigenvalue weighted by atomic mass is 10.1. The molecule has 5 nitrogen and oxygen atoms in total.